The molecule has 6 rings (SSSR count). The molecule has 2 amide bonds. The second-order valence-electron chi connectivity index (χ2n) is 11.8. The normalized spacial score (nSPS) is 17.8. The summed E-state index contributed by atoms with van der Waals surface area (Å²) in [7, 11) is 0. The first kappa shape index (κ1) is 34.1. The second kappa shape index (κ2) is 12.9. The number of thiazole rings is 1. The van der Waals surface area contributed by atoms with Crippen LogP contribution in [-0.2, 0) is 37.1 Å². The van der Waals surface area contributed by atoms with Crippen molar-refractivity contribution in [1.82, 2.24) is 24.3 Å². The van der Waals surface area contributed by atoms with E-state index in [4.69, 9.17) is 21.7 Å². The summed E-state index contributed by atoms with van der Waals surface area (Å²) in [6, 6.07) is 4.95. The summed E-state index contributed by atoms with van der Waals surface area (Å²) in [6.45, 7) is 2.71. The quantitative estimate of drug-likeness (QED) is 0.0399. The average molecular weight is 725 g/mol. The van der Waals surface area contributed by atoms with Crippen molar-refractivity contribution in [2.45, 2.75) is 44.0 Å². The number of hydrogen-bond donors (Lipinski definition) is 5. The number of hydrogen-bond acceptors (Lipinski definition) is 12. The zero-order valence-electron chi connectivity index (χ0n) is 26.3. The van der Waals surface area contributed by atoms with Crippen LogP contribution in [0.25, 0.3) is 5.65 Å². The molecule has 5 heterocycles. The summed E-state index contributed by atoms with van der Waals surface area (Å²) >= 11 is 2.24. The molecule has 0 aliphatic carbocycles. The number of β-lactam (4-membered cyclic amide) rings is 1. The molecule has 2 aliphatic rings. The van der Waals surface area contributed by atoms with E-state index in [1.165, 1.54) is 37.1 Å². The van der Waals surface area contributed by atoms with Crippen LogP contribution in [0.3, 0.4) is 0 Å². The maximum Gasteiger partial charge on any atom is 0.350 e. The number of nitrogens with zero attached hydrogens (tertiary/aromatic N) is 6. The van der Waals surface area contributed by atoms with Crippen molar-refractivity contribution < 1.29 is 43.3 Å². The lowest BCUT2D eigenvalue weighted by Crippen LogP contribution is -2.71. The SMILES string of the molecule is CC(C)(O/N=C(\C(=O)N[C@@H]1C(=O)N2C(C(=O)[O-])=C(C[n+]3ccc4n(Cc5ccc(C(=N)N)cc5F)ccn43)CS[C@H]12)c1csc(N)n1)C(=O)O. The number of nitrogens with one attached hydrogen (secondary N) is 2. The largest absolute Gasteiger partial charge is 0.543 e. The highest BCUT2D eigenvalue weighted by Gasteiger charge is 2.53. The summed E-state index contributed by atoms with van der Waals surface area (Å²) in [4.78, 5) is 60.8. The van der Waals surface area contributed by atoms with Gasteiger partial charge in [0.25, 0.3) is 11.8 Å². The van der Waals surface area contributed by atoms with E-state index in [0.717, 1.165) is 16.2 Å². The molecular weight excluding hydrogens is 696 g/mol. The molecule has 17 nitrogen and oxygen atoms in total. The van der Waals surface area contributed by atoms with E-state index in [9.17, 15) is 33.8 Å². The van der Waals surface area contributed by atoms with Crippen LogP contribution in [0, 0.1) is 11.2 Å². The van der Waals surface area contributed by atoms with Gasteiger partial charge in [-0.25, -0.2) is 14.2 Å². The van der Waals surface area contributed by atoms with E-state index in [1.54, 1.807) is 50.6 Å². The molecule has 4 aromatic rings. The van der Waals surface area contributed by atoms with Crippen molar-refractivity contribution in [2.75, 3.05) is 11.5 Å². The Hall–Kier alpha value is -5.76. The molecule has 1 aromatic carbocycles. The molecule has 260 valence electrons. The monoisotopic (exact) mass is 724 g/mol. The van der Waals surface area contributed by atoms with Crippen LogP contribution in [0.2, 0.25) is 0 Å². The Morgan fingerprint density at radius 1 is 1.30 bits per heavy atom. The molecule has 0 unspecified atom stereocenters. The van der Waals surface area contributed by atoms with Crippen LogP contribution in [0.1, 0.15) is 30.7 Å². The van der Waals surface area contributed by atoms with Gasteiger partial charge in [0.2, 0.25) is 5.60 Å². The molecule has 50 heavy (non-hydrogen) atoms. The number of fused-ring (bicyclic) bond motifs is 2. The smallest absolute Gasteiger partial charge is 0.350 e. The summed E-state index contributed by atoms with van der Waals surface area (Å²) in [6.07, 6.45) is 5.19. The standard InChI is InChI=1S/C30H29FN10O7S2/c1-30(2,28(46)47)48-37-20(18-13-50-29(34)35-18)24(42)36-21-25(43)41-22(27(44)45)16(12-49-26(21)41)11-39-6-5-19-38(7-8-40(19)39)10-15-4-3-14(23(32)33)9-17(15)31/h3-9,13,21,26H,10-12H2,1-2H3,(H7-,32,33,34,35,36,42,44,45,46,47)/b37-20-/t21-,26-/m1/s1. The number of aliphatic carboxylic acids is 2. The first-order valence-corrected chi connectivity index (χ1v) is 16.7. The molecule has 20 heteroatoms. The molecule has 0 saturated carbocycles. The molecule has 1 saturated heterocycles. The minimum absolute atomic E-state index is 0.0101. The van der Waals surface area contributed by atoms with Gasteiger partial charge in [-0.15, -0.1) is 32.3 Å². The van der Waals surface area contributed by atoms with Crippen LogP contribution in [0.4, 0.5) is 9.52 Å². The zero-order chi connectivity index (χ0) is 36.1. The number of oxime groups is 1. The van der Waals surface area contributed by atoms with Crippen molar-refractivity contribution in [3.05, 3.63) is 82.1 Å². The summed E-state index contributed by atoms with van der Waals surface area (Å²) < 4.78 is 20.0. The van der Waals surface area contributed by atoms with E-state index in [0.29, 0.717) is 16.8 Å². The van der Waals surface area contributed by atoms with Crippen molar-refractivity contribution in [3.63, 3.8) is 0 Å². The molecular formula is C30H29FN10O7S2. The lowest BCUT2D eigenvalue weighted by molar-refractivity contribution is -0.753. The number of amides is 2. The number of rotatable bonds is 12. The van der Waals surface area contributed by atoms with Gasteiger partial charge < -0.3 is 41.2 Å². The van der Waals surface area contributed by atoms with Gasteiger partial charge in [0.15, 0.2) is 29.2 Å². The van der Waals surface area contributed by atoms with Gasteiger partial charge in [-0.1, -0.05) is 17.3 Å². The Morgan fingerprint density at radius 3 is 2.70 bits per heavy atom. The molecule has 0 spiro atoms. The van der Waals surface area contributed by atoms with Crippen LogP contribution >= 0.6 is 23.1 Å². The van der Waals surface area contributed by atoms with E-state index in [-0.39, 0.29) is 46.8 Å². The highest BCUT2D eigenvalue weighted by atomic mass is 32.2. The van der Waals surface area contributed by atoms with Gasteiger partial charge in [0.05, 0.1) is 30.5 Å². The van der Waals surface area contributed by atoms with Gasteiger partial charge in [0, 0.05) is 34.0 Å². The van der Waals surface area contributed by atoms with Crippen LogP contribution in [-0.4, -0.2) is 82.1 Å². The fraction of sp³-hybridized carbons (Fsp3) is 0.267. The number of amidine groups is 1. The minimum Gasteiger partial charge on any atom is -0.543 e. The number of carboxylic acids is 2. The van der Waals surface area contributed by atoms with Crippen molar-refractivity contribution in [3.8, 4) is 0 Å². The Balaban J connectivity index is 1.20. The molecule has 3 aromatic heterocycles. The van der Waals surface area contributed by atoms with Crippen LogP contribution in [0.15, 0.2) is 64.7 Å². The van der Waals surface area contributed by atoms with Gasteiger partial charge in [-0.05, 0) is 19.9 Å². The highest BCUT2D eigenvalue weighted by molar-refractivity contribution is 8.00. The molecule has 1 fully saturated rings. The van der Waals surface area contributed by atoms with Crippen LogP contribution in [0.5, 0.6) is 0 Å². The van der Waals surface area contributed by atoms with Crippen molar-refractivity contribution >= 4 is 69.2 Å². The van der Waals surface area contributed by atoms with Gasteiger partial charge in [-0.3, -0.25) is 19.9 Å². The maximum absolute atomic E-state index is 14.7. The number of halogens is 1. The Morgan fingerprint density at radius 2 is 2.06 bits per heavy atom. The fourth-order valence-electron chi connectivity index (χ4n) is 5.33. The summed E-state index contributed by atoms with van der Waals surface area (Å²) in [5, 5.41) is 36.3. The van der Waals surface area contributed by atoms with Crippen molar-refractivity contribution in [1.29, 1.82) is 5.41 Å². The molecule has 2 aliphatic heterocycles. The number of thioether (sulfide) groups is 1. The summed E-state index contributed by atoms with van der Waals surface area (Å²) in [5.41, 5.74) is 10.3. The van der Waals surface area contributed by atoms with Crippen LogP contribution < -0.4 is 26.6 Å². The third-order valence-electron chi connectivity index (χ3n) is 8.03. The van der Waals surface area contributed by atoms with Gasteiger partial charge in [0.1, 0.15) is 28.8 Å². The number of carbonyl (C=O) groups is 4. The highest BCUT2D eigenvalue weighted by Crippen LogP contribution is 2.40. The van der Waals surface area contributed by atoms with E-state index in [2.05, 4.69) is 15.5 Å². The number of carbonyl (C=O) groups excluding carboxylic acids is 3. The second-order valence-corrected chi connectivity index (χ2v) is 13.8. The number of carboxylic acid groups (broad SMARTS) is 2. The minimum atomic E-state index is -1.80. The number of anilines is 1. The Kier molecular flexibility index (Phi) is 8.82. The van der Waals surface area contributed by atoms with E-state index in [1.807, 2.05) is 0 Å². The van der Waals surface area contributed by atoms with E-state index >= 15 is 0 Å². The fourth-order valence-corrected chi connectivity index (χ4v) is 7.21. The molecule has 7 N–H and O–H groups in total. The lowest BCUT2D eigenvalue weighted by Gasteiger charge is -2.50. The maximum atomic E-state index is 14.7. The first-order chi connectivity index (χ1) is 23.7. The number of imidazole rings is 1. The number of nitrogen functional groups attached to an aromatic ring is 2. The third-order valence-corrected chi connectivity index (χ3v) is 10.0. The third kappa shape index (κ3) is 6.25. The number of aromatic nitrogens is 4. The lowest BCUT2D eigenvalue weighted by atomic mass is 10.0. The van der Waals surface area contributed by atoms with Gasteiger partial charge in [-0.2, -0.15) is 0 Å². The molecule has 0 radical (unpaired) electrons. The zero-order valence-corrected chi connectivity index (χ0v) is 28.0. The predicted molar refractivity (Wildman–Crippen MR) is 175 cm³/mol. The number of nitrogens with two attached hydrogens (primary N) is 2. The van der Waals surface area contributed by atoms with Crippen molar-refractivity contribution in [2.24, 2.45) is 10.9 Å². The number of benzene rings is 1. The average Bonchev–Trinajstić information content (AvgIpc) is 3.78. The predicted octanol–water partition coefficient (Wildman–Crippen LogP) is -0.774. The van der Waals surface area contributed by atoms with Gasteiger partial charge >= 0.3 is 5.97 Å². The topological polar surface area (TPSA) is 250 Å². The Labute approximate surface area is 290 Å². The molecule has 0 bridgehead atoms. The Bertz CT molecular complexity index is 2150. The summed E-state index contributed by atoms with van der Waals surface area (Å²) in [5.74, 6) is -5.10. The molecule has 2 atom stereocenters. The van der Waals surface area contributed by atoms with E-state index < -0.39 is 52.3 Å². The first-order valence-electron chi connectivity index (χ1n) is 14.7.